The second-order valence-corrected chi connectivity index (χ2v) is 6.95. The average Bonchev–Trinajstić information content (AvgIpc) is 2.62. The van der Waals surface area contributed by atoms with Gasteiger partial charge in [-0.3, -0.25) is 14.4 Å². The van der Waals surface area contributed by atoms with E-state index in [1.807, 2.05) is 44.2 Å². The monoisotopic (exact) mass is 368 g/mol. The molecule has 0 saturated heterocycles. The molecule has 6 heteroatoms. The minimum absolute atomic E-state index is 0.0707. The van der Waals surface area contributed by atoms with Gasteiger partial charge in [-0.1, -0.05) is 44.2 Å². The Morgan fingerprint density at radius 3 is 2.19 bits per heavy atom. The van der Waals surface area contributed by atoms with Gasteiger partial charge in [0.15, 0.2) is 0 Å². The molecule has 0 aliphatic heterocycles. The lowest BCUT2D eigenvalue weighted by Gasteiger charge is -2.24. The van der Waals surface area contributed by atoms with E-state index in [0.717, 1.165) is 5.56 Å². The first kappa shape index (κ1) is 20.2. The summed E-state index contributed by atoms with van der Waals surface area (Å²) in [4.78, 5) is 34.8. The Morgan fingerprint density at radius 1 is 0.963 bits per heavy atom. The third-order valence-corrected chi connectivity index (χ3v) is 4.21. The number of carboxylic acids is 1. The van der Waals surface area contributed by atoms with Crippen molar-refractivity contribution in [3.63, 3.8) is 0 Å². The summed E-state index contributed by atoms with van der Waals surface area (Å²) in [5.74, 6) is -1.42. The van der Waals surface area contributed by atoms with E-state index in [1.54, 1.807) is 24.3 Å². The van der Waals surface area contributed by atoms with Crippen LogP contribution in [0.2, 0.25) is 0 Å². The van der Waals surface area contributed by atoms with Crippen molar-refractivity contribution in [2.24, 2.45) is 0 Å². The van der Waals surface area contributed by atoms with Crippen LogP contribution in [0.4, 0.5) is 5.69 Å². The van der Waals surface area contributed by atoms with E-state index in [-0.39, 0.29) is 30.2 Å². The molecular formula is C21H24N2O4. The van der Waals surface area contributed by atoms with E-state index in [1.165, 1.54) is 0 Å². The molecule has 2 amide bonds. The number of benzene rings is 2. The van der Waals surface area contributed by atoms with Crippen LogP contribution in [0, 0.1) is 0 Å². The lowest BCUT2D eigenvalue weighted by Crippen LogP contribution is -2.26. The topological polar surface area (TPSA) is 95.5 Å². The van der Waals surface area contributed by atoms with E-state index in [4.69, 9.17) is 5.11 Å². The molecule has 0 bridgehead atoms. The van der Waals surface area contributed by atoms with Crippen molar-refractivity contribution < 1.29 is 19.5 Å². The maximum atomic E-state index is 12.4. The van der Waals surface area contributed by atoms with Crippen molar-refractivity contribution >= 4 is 23.5 Å². The molecule has 27 heavy (non-hydrogen) atoms. The van der Waals surface area contributed by atoms with E-state index < -0.39 is 5.97 Å². The number of carboxylic acid groups (broad SMARTS) is 1. The summed E-state index contributed by atoms with van der Waals surface area (Å²) in [5.41, 5.74) is 1.80. The van der Waals surface area contributed by atoms with Crippen LogP contribution in [0.25, 0.3) is 0 Å². The molecule has 2 aromatic carbocycles. The number of aliphatic carboxylic acids is 1. The van der Waals surface area contributed by atoms with Gasteiger partial charge in [-0.25, -0.2) is 0 Å². The SMILES string of the molecule is CC(C)(CC(=O)Nc1ccc(C(=O)NCCC(=O)O)cc1)c1ccccc1. The predicted molar refractivity (Wildman–Crippen MR) is 104 cm³/mol. The Morgan fingerprint density at radius 2 is 1.59 bits per heavy atom. The van der Waals surface area contributed by atoms with Gasteiger partial charge in [0.05, 0.1) is 6.42 Å². The third-order valence-electron chi connectivity index (χ3n) is 4.21. The summed E-state index contributed by atoms with van der Waals surface area (Å²) in [6.45, 7) is 4.11. The molecule has 0 atom stereocenters. The molecule has 0 aromatic heterocycles. The quantitative estimate of drug-likeness (QED) is 0.667. The molecule has 0 aliphatic carbocycles. The Bertz CT molecular complexity index is 799. The molecule has 2 aromatic rings. The molecule has 142 valence electrons. The van der Waals surface area contributed by atoms with Crippen molar-refractivity contribution in [2.45, 2.75) is 32.1 Å². The standard InChI is InChI=1S/C21H24N2O4/c1-21(2,16-6-4-3-5-7-16)14-18(24)23-17-10-8-15(9-11-17)20(27)22-13-12-19(25)26/h3-11H,12-14H2,1-2H3,(H,22,27)(H,23,24)(H,25,26). The molecule has 0 spiro atoms. The molecular weight excluding hydrogens is 344 g/mol. The predicted octanol–water partition coefficient (Wildman–Crippen LogP) is 3.20. The molecule has 2 rings (SSSR count). The van der Waals surface area contributed by atoms with E-state index in [0.29, 0.717) is 17.7 Å². The maximum absolute atomic E-state index is 12.4. The van der Waals surface area contributed by atoms with Gasteiger partial charge in [0.1, 0.15) is 0 Å². The number of amides is 2. The minimum atomic E-state index is -0.966. The normalized spacial score (nSPS) is 10.9. The smallest absolute Gasteiger partial charge is 0.305 e. The first-order valence-electron chi connectivity index (χ1n) is 8.73. The Balaban J connectivity index is 1.91. The fraction of sp³-hybridized carbons (Fsp3) is 0.286. The first-order chi connectivity index (χ1) is 12.8. The van der Waals surface area contributed by atoms with E-state index in [2.05, 4.69) is 10.6 Å². The Kier molecular flexibility index (Phi) is 6.71. The Labute approximate surface area is 158 Å². The van der Waals surface area contributed by atoms with E-state index >= 15 is 0 Å². The lowest BCUT2D eigenvalue weighted by molar-refractivity contribution is -0.136. The van der Waals surface area contributed by atoms with Crippen molar-refractivity contribution in [3.8, 4) is 0 Å². The van der Waals surface area contributed by atoms with Gasteiger partial charge in [-0.15, -0.1) is 0 Å². The van der Waals surface area contributed by atoms with Crippen LogP contribution in [-0.4, -0.2) is 29.4 Å². The van der Waals surface area contributed by atoms with Crippen LogP contribution in [0.3, 0.4) is 0 Å². The number of rotatable bonds is 8. The van der Waals surface area contributed by atoms with Crippen molar-refractivity contribution in [2.75, 3.05) is 11.9 Å². The molecule has 0 heterocycles. The molecule has 6 nitrogen and oxygen atoms in total. The number of hydrogen-bond acceptors (Lipinski definition) is 3. The summed E-state index contributed by atoms with van der Waals surface area (Å²) < 4.78 is 0. The largest absolute Gasteiger partial charge is 0.481 e. The molecule has 3 N–H and O–H groups in total. The molecule has 0 fully saturated rings. The second-order valence-electron chi connectivity index (χ2n) is 6.95. The number of nitrogens with one attached hydrogen (secondary N) is 2. The van der Waals surface area contributed by atoms with Gasteiger partial charge in [0.25, 0.3) is 5.91 Å². The highest BCUT2D eigenvalue weighted by molar-refractivity contribution is 5.96. The van der Waals surface area contributed by atoms with Crippen LogP contribution < -0.4 is 10.6 Å². The molecule has 0 aliphatic rings. The zero-order chi connectivity index (χ0) is 19.9. The fourth-order valence-electron chi connectivity index (χ4n) is 2.69. The molecule has 0 unspecified atom stereocenters. The minimum Gasteiger partial charge on any atom is -0.481 e. The Hall–Kier alpha value is -3.15. The number of carbonyl (C=O) groups excluding carboxylic acids is 2. The van der Waals surface area contributed by atoms with Gasteiger partial charge < -0.3 is 15.7 Å². The summed E-state index contributed by atoms with van der Waals surface area (Å²) in [7, 11) is 0. The maximum Gasteiger partial charge on any atom is 0.305 e. The lowest BCUT2D eigenvalue weighted by atomic mass is 9.81. The van der Waals surface area contributed by atoms with Crippen LogP contribution in [-0.2, 0) is 15.0 Å². The highest BCUT2D eigenvalue weighted by atomic mass is 16.4. The average molecular weight is 368 g/mol. The fourth-order valence-corrected chi connectivity index (χ4v) is 2.69. The highest BCUT2D eigenvalue weighted by Gasteiger charge is 2.24. The van der Waals surface area contributed by atoms with Gasteiger partial charge >= 0.3 is 5.97 Å². The van der Waals surface area contributed by atoms with Crippen LogP contribution in [0.5, 0.6) is 0 Å². The van der Waals surface area contributed by atoms with Crippen molar-refractivity contribution in [1.29, 1.82) is 0 Å². The van der Waals surface area contributed by atoms with Gasteiger partial charge in [0.2, 0.25) is 5.91 Å². The zero-order valence-electron chi connectivity index (χ0n) is 15.5. The van der Waals surface area contributed by atoms with Gasteiger partial charge in [-0.05, 0) is 35.2 Å². The van der Waals surface area contributed by atoms with Gasteiger partial charge in [-0.2, -0.15) is 0 Å². The highest BCUT2D eigenvalue weighted by Crippen LogP contribution is 2.27. The summed E-state index contributed by atoms with van der Waals surface area (Å²) in [6.07, 6.45) is 0.200. The molecule has 0 saturated carbocycles. The molecule has 0 radical (unpaired) electrons. The third kappa shape index (κ3) is 6.26. The number of carbonyl (C=O) groups is 3. The zero-order valence-corrected chi connectivity index (χ0v) is 15.5. The van der Waals surface area contributed by atoms with Crippen molar-refractivity contribution in [3.05, 3.63) is 65.7 Å². The van der Waals surface area contributed by atoms with Crippen LogP contribution in [0.15, 0.2) is 54.6 Å². The van der Waals surface area contributed by atoms with Crippen molar-refractivity contribution in [1.82, 2.24) is 5.32 Å². The summed E-state index contributed by atoms with van der Waals surface area (Å²) in [5, 5.41) is 14.0. The van der Waals surface area contributed by atoms with Crippen LogP contribution in [0.1, 0.15) is 42.6 Å². The summed E-state index contributed by atoms with van der Waals surface area (Å²) in [6, 6.07) is 16.3. The number of anilines is 1. The van der Waals surface area contributed by atoms with Crippen LogP contribution >= 0.6 is 0 Å². The summed E-state index contributed by atoms with van der Waals surface area (Å²) >= 11 is 0. The number of hydrogen-bond donors (Lipinski definition) is 3. The first-order valence-corrected chi connectivity index (χ1v) is 8.73. The van der Waals surface area contributed by atoms with E-state index in [9.17, 15) is 14.4 Å². The van der Waals surface area contributed by atoms with Gasteiger partial charge in [0, 0.05) is 24.2 Å². The second kappa shape index (κ2) is 8.98.